The molecule has 0 rings (SSSR count). The Bertz CT molecular complexity index is 230. The molecule has 0 fully saturated rings. The Kier molecular flexibility index (Phi) is 7.46. The number of hydrogen-bond donors (Lipinski definition) is 0. The summed E-state index contributed by atoms with van der Waals surface area (Å²) in [5, 5.41) is 0. The molecule has 0 radical (unpaired) electrons. The molecule has 0 spiro atoms. The van der Waals surface area contributed by atoms with Crippen LogP contribution in [-0.4, -0.2) is 55.2 Å². The minimum atomic E-state index is -4.23. The summed E-state index contributed by atoms with van der Waals surface area (Å²) < 4.78 is 47.4. The normalized spacial score (nSPS) is 9.19. The Morgan fingerprint density at radius 1 is 0.750 bits per heavy atom. The summed E-state index contributed by atoms with van der Waals surface area (Å²) >= 11 is -4.23. The summed E-state index contributed by atoms with van der Waals surface area (Å²) in [5.41, 5.74) is 0. The van der Waals surface area contributed by atoms with Gasteiger partial charge in [-0.15, -0.1) is 0 Å². The summed E-state index contributed by atoms with van der Waals surface area (Å²) in [6.45, 7) is -4.62. The molecule has 0 saturated carbocycles. The van der Waals surface area contributed by atoms with E-state index < -0.39 is 55.2 Å². The SMILES string of the molecule is O=C(CF)[O][Ga]([O]C(=O)CF)[O]C(=O)CF. The zero-order valence-corrected chi connectivity index (χ0v) is 10.2. The van der Waals surface area contributed by atoms with Crippen molar-refractivity contribution in [3.05, 3.63) is 0 Å². The molecular formula is C6H6F3GaO6. The molecule has 0 aromatic heterocycles. The summed E-state index contributed by atoms with van der Waals surface area (Å²) in [6.07, 6.45) is 0. The van der Waals surface area contributed by atoms with Gasteiger partial charge in [0.1, 0.15) is 0 Å². The van der Waals surface area contributed by atoms with E-state index in [9.17, 15) is 27.6 Å². The fourth-order valence-electron chi connectivity index (χ4n) is 0.489. The molecule has 0 aromatic carbocycles. The van der Waals surface area contributed by atoms with Gasteiger partial charge in [0.2, 0.25) is 0 Å². The standard InChI is InChI=1S/3C2H3FO2.Ga/c3*3-1-2(4)5;/h3*1H2,(H,4,5);/q;;;+3/p-3. The van der Waals surface area contributed by atoms with Crippen LogP contribution in [0.25, 0.3) is 0 Å². The Balaban J connectivity index is 4.31. The molecule has 0 saturated heterocycles. The molecular weight excluding hydrogens is 295 g/mol. The molecule has 0 heterocycles. The van der Waals surface area contributed by atoms with Crippen LogP contribution in [0.4, 0.5) is 13.2 Å². The van der Waals surface area contributed by atoms with Crippen LogP contribution in [0.3, 0.4) is 0 Å². The summed E-state index contributed by atoms with van der Waals surface area (Å²) in [4.78, 5) is 31.3. The van der Waals surface area contributed by atoms with Crippen LogP contribution in [0.5, 0.6) is 0 Å². The average Bonchev–Trinajstić information content (AvgIpc) is 2.28. The molecule has 0 bridgehead atoms. The first-order valence-electron chi connectivity index (χ1n) is 3.79. The number of hydrogen-bond acceptors (Lipinski definition) is 6. The molecule has 16 heavy (non-hydrogen) atoms. The summed E-state index contributed by atoms with van der Waals surface area (Å²) in [6, 6.07) is 0. The average molecular weight is 301 g/mol. The van der Waals surface area contributed by atoms with E-state index in [1.165, 1.54) is 0 Å². The van der Waals surface area contributed by atoms with Crippen molar-refractivity contribution in [2.75, 3.05) is 20.0 Å². The van der Waals surface area contributed by atoms with Crippen LogP contribution in [-0.2, 0) is 25.0 Å². The predicted octanol–water partition coefficient (Wildman–Crippen LogP) is -0.491. The molecule has 0 aromatic rings. The minimum absolute atomic E-state index is 1.44. The zero-order chi connectivity index (χ0) is 12.6. The van der Waals surface area contributed by atoms with Gasteiger partial charge in [-0.05, 0) is 0 Å². The van der Waals surface area contributed by atoms with Crippen molar-refractivity contribution in [1.29, 1.82) is 0 Å². The molecule has 0 atom stereocenters. The van der Waals surface area contributed by atoms with E-state index >= 15 is 0 Å². The van der Waals surface area contributed by atoms with Gasteiger partial charge in [-0.1, -0.05) is 0 Å². The first-order valence-corrected chi connectivity index (χ1v) is 6.76. The molecule has 10 heteroatoms. The molecule has 0 unspecified atom stereocenters. The van der Waals surface area contributed by atoms with Gasteiger partial charge < -0.3 is 0 Å². The fourth-order valence-corrected chi connectivity index (χ4v) is 2.54. The topological polar surface area (TPSA) is 78.9 Å². The number of halogens is 3. The third-order valence-corrected chi connectivity index (χ3v) is 3.88. The fraction of sp³-hybridized carbons (Fsp3) is 0.500. The zero-order valence-electron chi connectivity index (χ0n) is 7.78. The Morgan fingerprint density at radius 2 is 1.00 bits per heavy atom. The van der Waals surface area contributed by atoms with Crippen molar-refractivity contribution in [3.8, 4) is 0 Å². The molecule has 6 nitrogen and oxygen atoms in total. The number of rotatable bonds is 6. The van der Waals surface area contributed by atoms with Crippen molar-refractivity contribution < 1.29 is 38.1 Å². The van der Waals surface area contributed by atoms with E-state index in [0.717, 1.165) is 0 Å². The summed E-state index contributed by atoms with van der Waals surface area (Å²) in [7, 11) is 0. The van der Waals surface area contributed by atoms with E-state index in [1.807, 2.05) is 0 Å². The number of carbonyl (C=O) groups excluding carboxylic acids is 3. The van der Waals surface area contributed by atoms with Crippen molar-refractivity contribution in [2.45, 2.75) is 0 Å². The number of carbonyl (C=O) groups is 3. The molecule has 90 valence electrons. The first-order chi connectivity index (χ1) is 7.53. The van der Waals surface area contributed by atoms with Gasteiger partial charge in [0.15, 0.2) is 0 Å². The second-order valence-corrected chi connectivity index (χ2v) is 4.85. The molecule has 0 aliphatic heterocycles. The van der Waals surface area contributed by atoms with E-state index in [4.69, 9.17) is 0 Å². The van der Waals surface area contributed by atoms with E-state index in [0.29, 0.717) is 0 Å². The van der Waals surface area contributed by atoms with Crippen molar-refractivity contribution in [2.24, 2.45) is 0 Å². The van der Waals surface area contributed by atoms with Gasteiger partial charge in [0.05, 0.1) is 0 Å². The van der Waals surface area contributed by atoms with Crippen LogP contribution < -0.4 is 0 Å². The third kappa shape index (κ3) is 6.34. The van der Waals surface area contributed by atoms with Crippen molar-refractivity contribution in [3.63, 3.8) is 0 Å². The van der Waals surface area contributed by atoms with Crippen LogP contribution in [0.1, 0.15) is 0 Å². The maximum absolute atomic E-state index is 11.7. The van der Waals surface area contributed by atoms with E-state index in [-0.39, 0.29) is 0 Å². The monoisotopic (exact) mass is 300 g/mol. The molecule has 0 aliphatic carbocycles. The Hall–Kier alpha value is -1.16. The van der Waals surface area contributed by atoms with Gasteiger partial charge in [-0.25, -0.2) is 0 Å². The van der Waals surface area contributed by atoms with Gasteiger partial charge in [-0.3, -0.25) is 0 Å². The summed E-state index contributed by atoms with van der Waals surface area (Å²) in [5.74, 6) is -4.32. The van der Waals surface area contributed by atoms with E-state index in [1.54, 1.807) is 0 Å². The van der Waals surface area contributed by atoms with Gasteiger partial charge in [0.25, 0.3) is 0 Å². The Morgan fingerprint density at radius 3 is 1.19 bits per heavy atom. The quantitative estimate of drug-likeness (QED) is 0.616. The van der Waals surface area contributed by atoms with E-state index in [2.05, 4.69) is 10.6 Å². The van der Waals surface area contributed by atoms with Crippen LogP contribution in [0.2, 0.25) is 0 Å². The van der Waals surface area contributed by atoms with Crippen molar-refractivity contribution in [1.82, 2.24) is 0 Å². The van der Waals surface area contributed by atoms with Crippen LogP contribution >= 0.6 is 0 Å². The van der Waals surface area contributed by atoms with Gasteiger partial charge in [0, 0.05) is 0 Å². The van der Waals surface area contributed by atoms with Crippen LogP contribution in [0, 0.1) is 0 Å². The maximum atomic E-state index is 11.7. The Labute approximate surface area is 93.9 Å². The van der Waals surface area contributed by atoms with Gasteiger partial charge >= 0.3 is 93.4 Å². The second kappa shape index (κ2) is 8.04. The van der Waals surface area contributed by atoms with Crippen molar-refractivity contribution >= 4 is 35.2 Å². The first kappa shape index (κ1) is 14.8. The van der Waals surface area contributed by atoms with Crippen LogP contribution in [0.15, 0.2) is 0 Å². The molecule has 0 N–H and O–H groups in total. The molecule has 0 aliphatic rings. The number of alkyl halides is 3. The van der Waals surface area contributed by atoms with Gasteiger partial charge in [-0.2, -0.15) is 0 Å². The predicted molar refractivity (Wildman–Crippen MR) is 42.0 cm³/mol. The second-order valence-electron chi connectivity index (χ2n) is 2.16. The third-order valence-electron chi connectivity index (χ3n) is 1.01. The molecule has 0 amide bonds.